The van der Waals surface area contributed by atoms with Crippen LogP contribution < -0.4 is 5.73 Å². The molecule has 2 atom stereocenters. The van der Waals surface area contributed by atoms with E-state index in [2.05, 4.69) is 15.9 Å². The zero-order valence-electron chi connectivity index (χ0n) is 10.2. The van der Waals surface area contributed by atoms with E-state index in [1.165, 1.54) is 6.07 Å². The van der Waals surface area contributed by atoms with Crippen molar-refractivity contribution < 1.29 is 9.18 Å². The lowest BCUT2D eigenvalue weighted by atomic mass is 9.94. The molecule has 1 aliphatic heterocycles. The Balaban J connectivity index is 2.22. The van der Waals surface area contributed by atoms with E-state index in [1.807, 2.05) is 6.92 Å². The van der Waals surface area contributed by atoms with Gasteiger partial charge in [0.15, 0.2) is 0 Å². The largest absolute Gasteiger partial charge is 0.338 e. The van der Waals surface area contributed by atoms with E-state index in [4.69, 9.17) is 5.73 Å². The van der Waals surface area contributed by atoms with E-state index in [0.29, 0.717) is 17.6 Å². The van der Waals surface area contributed by atoms with E-state index < -0.39 is 5.82 Å². The van der Waals surface area contributed by atoms with E-state index in [9.17, 15) is 9.18 Å². The van der Waals surface area contributed by atoms with Crippen molar-refractivity contribution in [3.8, 4) is 0 Å². The first-order valence-electron chi connectivity index (χ1n) is 5.99. The summed E-state index contributed by atoms with van der Waals surface area (Å²) in [7, 11) is 0. The zero-order valence-corrected chi connectivity index (χ0v) is 11.8. The average Bonchev–Trinajstić information content (AvgIpc) is 2.32. The van der Waals surface area contributed by atoms with Gasteiger partial charge in [0.05, 0.1) is 5.56 Å². The minimum Gasteiger partial charge on any atom is -0.338 e. The van der Waals surface area contributed by atoms with Crippen LogP contribution in [0.15, 0.2) is 22.7 Å². The summed E-state index contributed by atoms with van der Waals surface area (Å²) in [5.41, 5.74) is 6.03. The maximum Gasteiger partial charge on any atom is 0.257 e. The minimum atomic E-state index is -0.489. The number of rotatable bonds is 1. The van der Waals surface area contributed by atoms with Crippen LogP contribution in [-0.4, -0.2) is 29.9 Å². The quantitative estimate of drug-likeness (QED) is 0.865. The molecule has 0 saturated carbocycles. The molecule has 1 aromatic rings. The number of hydrogen-bond acceptors (Lipinski definition) is 2. The van der Waals surface area contributed by atoms with Crippen molar-refractivity contribution >= 4 is 21.8 Å². The molecule has 1 fully saturated rings. The van der Waals surface area contributed by atoms with Crippen LogP contribution in [0.2, 0.25) is 0 Å². The molecular formula is C13H16BrFN2O. The highest BCUT2D eigenvalue weighted by Crippen LogP contribution is 2.24. The molecule has 0 aromatic heterocycles. The smallest absolute Gasteiger partial charge is 0.257 e. The maximum atomic E-state index is 13.7. The van der Waals surface area contributed by atoms with Crippen LogP contribution in [0, 0.1) is 11.7 Å². The Hall–Kier alpha value is -0.940. The highest BCUT2D eigenvalue weighted by Gasteiger charge is 2.29. The van der Waals surface area contributed by atoms with Gasteiger partial charge in [-0.05, 0) is 40.4 Å². The number of hydrogen-bond donors (Lipinski definition) is 1. The van der Waals surface area contributed by atoms with Crippen molar-refractivity contribution in [2.24, 2.45) is 11.7 Å². The van der Waals surface area contributed by atoms with Crippen molar-refractivity contribution in [2.45, 2.75) is 19.4 Å². The summed E-state index contributed by atoms with van der Waals surface area (Å²) in [4.78, 5) is 14.0. The highest BCUT2D eigenvalue weighted by atomic mass is 79.9. The molecule has 98 valence electrons. The van der Waals surface area contributed by atoms with Crippen molar-refractivity contribution in [3.05, 3.63) is 34.1 Å². The summed E-state index contributed by atoms with van der Waals surface area (Å²) in [6.45, 7) is 3.19. The molecule has 2 N–H and O–H groups in total. The Morgan fingerprint density at radius 3 is 2.89 bits per heavy atom. The third-order valence-corrected chi connectivity index (χ3v) is 4.10. The lowest BCUT2D eigenvalue weighted by Crippen LogP contribution is -2.48. The van der Waals surface area contributed by atoms with Gasteiger partial charge in [0, 0.05) is 23.6 Å². The average molecular weight is 315 g/mol. The van der Waals surface area contributed by atoms with Gasteiger partial charge >= 0.3 is 0 Å². The number of carbonyl (C=O) groups is 1. The lowest BCUT2D eigenvalue weighted by Gasteiger charge is -2.35. The van der Waals surface area contributed by atoms with E-state index in [-0.39, 0.29) is 23.4 Å². The molecule has 18 heavy (non-hydrogen) atoms. The summed E-state index contributed by atoms with van der Waals surface area (Å²) in [5.74, 6) is -0.510. The Kier molecular flexibility index (Phi) is 4.02. The molecule has 1 heterocycles. The monoisotopic (exact) mass is 314 g/mol. The third kappa shape index (κ3) is 2.57. The highest BCUT2D eigenvalue weighted by molar-refractivity contribution is 9.10. The topological polar surface area (TPSA) is 46.3 Å². The minimum absolute atomic E-state index is 0.111. The fourth-order valence-corrected chi connectivity index (χ4v) is 2.72. The molecule has 0 radical (unpaired) electrons. The van der Waals surface area contributed by atoms with Crippen molar-refractivity contribution in [2.75, 3.05) is 13.1 Å². The summed E-state index contributed by atoms with van der Waals surface area (Å²) in [6, 6.07) is 4.68. The molecule has 2 unspecified atom stereocenters. The second-order valence-corrected chi connectivity index (χ2v) is 5.63. The molecular weight excluding hydrogens is 299 g/mol. The fourth-order valence-electron chi connectivity index (χ4n) is 2.21. The molecule has 0 spiro atoms. The van der Waals surface area contributed by atoms with Gasteiger partial charge in [0.2, 0.25) is 0 Å². The molecule has 2 rings (SSSR count). The number of piperidine rings is 1. The van der Waals surface area contributed by atoms with Crippen LogP contribution in [0.3, 0.4) is 0 Å². The van der Waals surface area contributed by atoms with Crippen LogP contribution in [0.5, 0.6) is 0 Å². The lowest BCUT2D eigenvalue weighted by molar-refractivity contribution is 0.0658. The molecule has 0 bridgehead atoms. The van der Waals surface area contributed by atoms with Crippen LogP contribution >= 0.6 is 15.9 Å². The SMILES string of the molecule is CC1CN(C(=O)c2c(F)cccc2Br)CCC1N. The van der Waals surface area contributed by atoms with E-state index in [0.717, 1.165) is 6.42 Å². The normalized spacial score (nSPS) is 24.1. The van der Waals surface area contributed by atoms with Crippen LogP contribution in [0.25, 0.3) is 0 Å². The van der Waals surface area contributed by atoms with Gasteiger partial charge in [-0.1, -0.05) is 13.0 Å². The Morgan fingerprint density at radius 2 is 2.28 bits per heavy atom. The van der Waals surface area contributed by atoms with E-state index >= 15 is 0 Å². The van der Waals surface area contributed by atoms with Crippen LogP contribution in [0.4, 0.5) is 4.39 Å². The van der Waals surface area contributed by atoms with Gasteiger partial charge in [-0.2, -0.15) is 0 Å². The Labute approximate surface area is 114 Å². The van der Waals surface area contributed by atoms with Gasteiger partial charge < -0.3 is 10.6 Å². The van der Waals surface area contributed by atoms with Crippen LogP contribution in [-0.2, 0) is 0 Å². The van der Waals surface area contributed by atoms with Crippen molar-refractivity contribution in [3.63, 3.8) is 0 Å². The number of benzene rings is 1. The van der Waals surface area contributed by atoms with Crippen molar-refractivity contribution in [1.82, 2.24) is 4.90 Å². The Bertz CT molecular complexity index is 446. The molecule has 3 nitrogen and oxygen atoms in total. The molecule has 1 saturated heterocycles. The summed E-state index contributed by atoms with van der Waals surface area (Å²) < 4.78 is 14.2. The first-order valence-corrected chi connectivity index (χ1v) is 6.79. The van der Waals surface area contributed by atoms with E-state index in [1.54, 1.807) is 17.0 Å². The zero-order chi connectivity index (χ0) is 13.3. The number of carbonyl (C=O) groups excluding carboxylic acids is 1. The summed E-state index contributed by atoms with van der Waals surface area (Å²) in [5, 5.41) is 0. The Morgan fingerprint density at radius 1 is 1.56 bits per heavy atom. The maximum absolute atomic E-state index is 13.7. The fraction of sp³-hybridized carbons (Fsp3) is 0.462. The number of nitrogens with zero attached hydrogens (tertiary/aromatic N) is 1. The molecule has 1 amide bonds. The second kappa shape index (κ2) is 5.36. The summed E-state index contributed by atoms with van der Waals surface area (Å²) in [6.07, 6.45) is 0.763. The number of halogens is 2. The standard InChI is InChI=1S/C13H16BrFN2O/c1-8-7-17(6-5-11(8)16)13(18)12-9(14)3-2-4-10(12)15/h2-4,8,11H,5-7,16H2,1H3. The molecule has 1 aliphatic rings. The van der Waals surface area contributed by atoms with Gasteiger partial charge in [0.25, 0.3) is 5.91 Å². The van der Waals surface area contributed by atoms with Crippen molar-refractivity contribution in [1.29, 1.82) is 0 Å². The van der Waals surface area contributed by atoms with Gasteiger partial charge in [-0.15, -0.1) is 0 Å². The number of amides is 1. The van der Waals surface area contributed by atoms with Gasteiger partial charge in [-0.3, -0.25) is 4.79 Å². The third-order valence-electron chi connectivity index (χ3n) is 3.44. The summed E-state index contributed by atoms with van der Waals surface area (Å²) >= 11 is 3.23. The van der Waals surface area contributed by atoms with Gasteiger partial charge in [0.1, 0.15) is 5.82 Å². The predicted molar refractivity (Wildman–Crippen MR) is 71.8 cm³/mol. The van der Waals surface area contributed by atoms with Gasteiger partial charge in [-0.25, -0.2) is 4.39 Å². The predicted octanol–water partition coefficient (Wildman–Crippen LogP) is 2.40. The number of nitrogens with two attached hydrogens (primary N) is 1. The molecule has 0 aliphatic carbocycles. The van der Waals surface area contributed by atoms with Crippen LogP contribution in [0.1, 0.15) is 23.7 Å². The molecule has 5 heteroatoms. The first kappa shape index (κ1) is 13.5. The first-order chi connectivity index (χ1) is 8.50. The second-order valence-electron chi connectivity index (χ2n) is 4.78. The number of likely N-dealkylation sites (tertiary alicyclic amines) is 1. The molecule has 1 aromatic carbocycles.